The van der Waals surface area contributed by atoms with Crippen molar-refractivity contribution in [3.05, 3.63) is 0 Å². The Morgan fingerprint density at radius 3 is 2.78 bits per heavy atom. The minimum atomic E-state index is -2.28. The summed E-state index contributed by atoms with van der Waals surface area (Å²) in [5.74, 6) is 0. The van der Waals surface area contributed by atoms with Crippen LogP contribution in [0, 0.1) is 0 Å². The minimum Gasteiger partial charge on any atom is -0.353 e. The van der Waals surface area contributed by atoms with E-state index in [1.54, 1.807) is 0 Å². The first-order valence-corrected chi connectivity index (χ1v) is 2.76. The molecule has 1 saturated heterocycles. The van der Waals surface area contributed by atoms with Gasteiger partial charge in [-0.2, -0.15) is 0 Å². The van der Waals surface area contributed by atoms with Crippen molar-refractivity contribution < 1.29 is 18.3 Å². The highest BCUT2D eigenvalue weighted by Crippen LogP contribution is 2.11. The fraction of sp³-hybridized carbons (Fsp3) is 1.00. The van der Waals surface area contributed by atoms with Crippen LogP contribution in [-0.4, -0.2) is 25.9 Å². The van der Waals surface area contributed by atoms with Gasteiger partial charge in [0.2, 0.25) is 6.43 Å². The maximum atomic E-state index is 11.6. The standard InChI is InChI=1S/C5H8F2O2/c6-5(7)1-4-2-8-3-9-4/h4-5H,1-3H2. The van der Waals surface area contributed by atoms with E-state index in [1.807, 2.05) is 0 Å². The van der Waals surface area contributed by atoms with Crippen molar-refractivity contribution in [2.75, 3.05) is 13.4 Å². The van der Waals surface area contributed by atoms with Crippen LogP contribution >= 0.6 is 0 Å². The molecule has 2 nitrogen and oxygen atoms in total. The lowest BCUT2D eigenvalue weighted by atomic mass is 10.3. The van der Waals surface area contributed by atoms with Gasteiger partial charge in [-0.05, 0) is 0 Å². The number of hydrogen-bond acceptors (Lipinski definition) is 2. The molecule has 1 aliphatic rings. The van der Waals surface area contributed by atoms with E-state index >= 15 is 0 Å². The molecule has 0 aliphatic carbocycles. The average molecular weight is 138 g/mol. The first-order valence-electron chi connectivity index (χ1n) is 2.76. The SMILES string of the molecule is FC(F)CC1COCO1. The molecule has 0 bridgehead atoms. The van der Waals surface area contributed by atoms with E-state index in [0.29, 0.717) is 6.61 Å². The van der Waals surface area contributed by atoms with Crippen LogP contribution < -0.4 is 0 Å². The van der Waals surface area contributed by atoms with E-state index in [0.717, 1.165) is 0 Å². The normalized spacial score (nSPS) is 27.7. The molecular formula is C5H8F2O2. The molecule has 0 aromatic carbocycles. The third-order valence-electron chi connectivity index (χ3n) is 1.13. The summed E-state index contributed by atoms with van der Waals surface area (Å²) < 4.78 is 32.6. The van der Waals surface area contributed by atoms with Crippen molar-refractivity contribution in [1.82, 2.24) is 0 Å². The predicted molar refractivity (Wildman–Crippen MR) is 26.3 cm³/mol. The second-order valence-electron chi connectivity index (χ2n) is 1.90. The molecule has 1 fully saturated rings. The van der Waals surface area contributed by atoms with E-state index in [-0.39, 0.29) is 19.3 Å². The fourth-order valence-corrected chi connectivity index (χ4v) is 0.707. The van der Waals surface area contributed by atoms with Crippen molar-refractivity contribution in [1.29, 1.82) is 0 Å². The van der Waals surface area contributed by atoms with Crippen LogP contribution in [0.3, 0.4) is 0 Å². The van der Waals surface area contributed by atoms with Crippen molar-refractivity contribution in [3.63, 3.8) is 0 Å². The molecule has 9 heavy (non-hydrogen) atoms. The molecule has 0 aromatic rings. The van der Waals surface area contributed by atoms with Gasteiger partial charge in [-0.3, -0.25) is 0 Å². The van der Waals surface area contributed by atoms with Gasteiger partial charge in [-0.25, -0.2) is 8.78 Å². The van der Waals surface area contributed by atoms with Crippen molar-refractivity contribution in [2.24, 2.45) is 0 Å². The first-order chi connectivity index (χ1) is 4.29. The highest BCUT2D eigenvalue weighted by atomic mass is 19.3. The topological polar surface area (TPSA) is 18.5 Å². The van der Waals surface area contributed by atoms with Gasteiger partial charge < -0.3 is 9.47 Å². The lowest BCUT2D eigenvalue weighted by Gasteiger charge is -2.03. The molecule has 0 N–H and O–H groups in total. The molecule has 1 unspecified atom stereocenters. The molecule has 1 heterocycles. The molecule has 1 atom stereocenters. The summed E-state index contributed by atoms with van der Waals surface area (Å²) in [6, 6.07) is 0. The van der Waals surface area contributed by atoms with Gasteiger partial charge in [-0.1, -0.05) is 0 Å². The third-order valence-corrected chi connectivity index (χ3v) is 1.13. The highest BCUT2D eigenvalue weighted by molar-refractivity contribution is 4.60. The Morgan fingerprint density at radius 2 is 2.33 bits per heavy atom. The zero-order valence-corrected chi connectivity index (χ0v) is 4.85. The summed E-state index contributed by atoms with van der Waals surface area (Å²) in [5.41, 5.74) is 0. The molecule has 4 heteroatoms. The van der Waals surface area contributed by atoms with Crippen LogP contribution in [0.4, 0.5) is 8.78 Å². The van der Waals surface area contributed by atoms with Crippen LogP contribution in [0.15, 0.2) is 0 Å². The van der Waals surface area contributed by atoms with Gasteiger partial charge in [0.25, 0.3) is 0 Å². The Balaban J connectivity index is 2.11. The molecule has 0 spiro atoms. The summed E-state index contributed by atoms with van der Waals surface area (Å²) in [4.78, 5) is 0. The van der Waals surface area contributed by atoms with Gasteiger partial charge >= 0.3 is 0 Å². The lowest BCUT2D eigenvalue weighted by Crippen LogP contribution is -2.13. The molecule has 0 radical (unpaired) electrons. The number of rotatable bonds is 2. The molecule has 0 saturated carbocycles. The first kappa shape index (κ1) is 6.89. The number of halogens is 2. The van der Waals surface area contributed by atoms with Crippen LogP contribution in [-0.2, 0) is 9.47 Å². The second-order valence-corrected chi connectivity index (χ2v) is 1.90. The Morgan fingerprint density at radius 1 is 1.56 bits per heavy atom. The number of hydrogen-bond donors (Lipinski definition) is 0. The van der Waals surface area contributed by atoms with Gasteiger partial charge in [0.1, 0.15) is 6.79 Å². The van der Waals surface area contributed by atoms with Gasteiger partial charge in [0.15, 0.2) is 0 Å². The minimum absolute atomic E-state index is 0.164. The van der Waals surface area contributed by atoms with Gasteiger partial charge in [0, 0.05) is 6.42 Å². The van der Waals surface area contributed by atoms with E-state index in [1.165, 1.54) is 0 Å². The summed E-state index contributed by atoms with van der Waals surface area (Å²) in [6.07, 6.45) is -2.87. The summed E-state index contributed by atoms with van der Waals surface area (Å²) >= 11 is 0. The Labute approximate surface area is 51.8 Å². The monoisotopic (exact) mass is 138 g/mol. The Kier molecular flexibility index (Phi) is 2.36. The molecule has 1 aliphatic heterocycles. The van der Waals surface area contributed by atoms with Crippen LogP contribution in [0.5, 0.6) is 0 Å². The fourth-order valence-electron chi connectivity index (χ4n) is 0.707. The second kappa shape index (κ2) is 3.08. The van der Waals surface area contributed by atoms with Crippen LogP contribution in [0.25, 0.3) is 0 Å². The third kappa shape index (κ3) is 2.24. The molecule has 54 valence electrons. The van der Waals surface area contributed by atoms with Crippen molar-refractivity contribution >= 4 is 0 Å². The quantitative estimate of drug-likeness (QED) is 0.567. The zero-order valence-electron chi connectivity index (χ0n) is 4.85. The van der Waals surface area contributed by atoms with Crippen molar-refractivity contribution in [3.8, 4) is 0 Å². The van der Waals surface area contributed by atoms with E-state index in [2.05, 4.69) is 0 Å². The van der Waals surface area contributed by atoms with Gasteiger partial charge in [-0.15, -0.1) is 0 Å². The maximum Gasteiger partial charge on any atom is 0.241 e. The maximum absolute atomic E-state index is 11.6. The van der Waals surface area contributed by atoms with E-state index < -0.39 is 6.43 Å². The largest absolute Gasteiger partial charge is 0.353 e. The highest BCUT2D eigenvalue weighted by Gasteiger charge is 2.20. The number of alkyl halides is 2. The Bertz CT molecular complexity index is 81.0. The van der Waals surface area contributed by atoms with Crippen molar-refractivity contribution in [2.45, 2.75) is 19.0 Å². The lowest BCUT2D eigenvalue weighted by molar-refractivity contribution is 0.0204. The van der Waals surface area contributed by atoms with Crippen LogP contribution in [0.2, 0.25) is 0 Å². The van der Waals surface area contributed by atoms with Gasteiger partial charge in [0.05, 0.1) is 12.7 Å². The van der Waals surface area contributed by atoms with E-state index in [4.69, 9.17) is 9.47 Å². The zero-order chi connectivity index (χ0) is 6.69. The average Bonchev–Trinajstić information content (AvgIpc) is 2.15. The van der Waals surface area contributed by atoms with Crippen LogP contribution in [0.1, 0.15) is 6.42 Å². The molecule has 1 rings (SSSR count). The summed E-state index contributed by atoms with van der Waals surface area (Å²) in [5, 5.41) is 0. The summed E-state index contributed by atoms with van der Waals surface area (Å²) in [7, 11) is 0. The Hall–Kier alpha value is -0.220. The summed E-state index contributed by atoms with van der Waals surface area (Å²) in [6.45, 7) is 0.474. The molecule has 0 aromatic heterocycles. The molecule has 0 amide bonds. The number of ether oxygens (including phenoxy) is 2. The predicted octanol–water partition coefficient (Wildman–Crippen LogP) is 1.01. The van der Waals surface area contributed by atoms with E-state index in [9.17, 15) is 8.78 Å². The molecular weight excluding hydrogens is 130 g/mol. The smallest absolute Gasteiger partial charge is 0.241 e.